The Kier molecular flexibility index (Phi) is 13.0. The number of hydrogen-bond acceptors (Lipinski definition) is 0. The molecule has 0 amide bonds. The van der Waals surface area contributed by atoms with Crippen LogP contribution in [0, 0.1) is 6.07 Å². The van der Waals surface area contributed by atoms with E-state index in [4.69, 9.17) is 0 Å². The summed E-state index contributed by atoms with van der Waals surface area (Å²) in [4.78, 5) is 0. The first kappa shape index (κ1) is 29.4. The van der Waals surface area contributed by atoms with Crippen LogP contribution in [0.3, 0.4) is 0 Å². The van der Waals surface area contributed by atoms with Crippen LogP contribution in [0.2, 0.25) is 0 Å². The van der Waals surface area contributed by atoms with E-state index in [0.29, 0.717) is 5.41 Å². The van der Waals surface area contributed by atoms with Crippen molar-refractivity contribution in [3.63, 3.8) is 0 Å². The number of benzene rings is 3. The van der Waals surface area contributed by atoms with Crippen molar-refractivity contribution in [2.24, 2.45) is 0 Å². The summed E-state index contributed by atoms with van der Waals surface area (Å²) in [6.45, 7) is 6.67. The van der Waals surface area contributed by atoms with E-state index in [1.165, 1.54) is 57.6 Å². The number of fused-ring (bicyclic) bond motifs is 3. The van der Waals surface area contributed by atoms with E-state index in [0.717, 1.165) is 12.8 Å². The van der Waals surface area contributed by atoms with Crippen molar-refractivity contribution in [2.75, 3.05) is 0 Å². The van der Waals surface area contributed by atoms with Gasteiger partial charge in [0.2, 0.25) is 0 Å². The second kappa shape index (κ2) is 14.6. The smallest absolute Gasteiger partial charge is 0.0253 e. The third-order valence-corrected chi connectivity index (χ3v) is 5.83. The van der Waals surface area contributed by atoms with Crippen molar-refractivity contribution >= 4 is 3.71 Å². The number of hydrogen-bond donors (Lipinski definition) is 0. The van der Waals surface area contributed by atoms with Crippen LogP contribution in [-0.2, 0) is 42.5 Å². The largest absolute Gasteiger partial charge is 0.179 e. The number of halogens is 2. The molecule has 3 heteroatoms. The van der Waals surface area contributed by atoms with Gasteiger partial charge in [-0.25, -0.2) is 6.07 Å². The molecule has 0 aromatic heterocycles. The van der Waals surface area contributed by atoms with Gasteiger partial charge in [0, 0.05) is 0 Å². The Bertz CT molecular complexity index is 1030. The summed E-state index contributed by atoms with van der Waals surface area (Å²) < 4.78 is 2.25. The molecular weight excluding hydrogens is 522 g/mol. The molecule has 0 fully saturated rings. The van der Waals surface area contributed by atoms with E-state index in [1.807, 2.05) is 12.1 Å². The summed E-state index contributed by atoms with van der Waals surface area (Å²) >= 11 is 1.51. The van der Waals surface area contributed by atoms with Crippen molar-refractivity contribution in [1.82, 2.24) is 0 Å². The minimum absolute atomic E-state index is 0. The zero-order valence-electron chi connectivity index (χ0n) is 19.5. The van der Waals surface area contributed by atoms with Gasteiger partial charge < -0.3 is 24.8 Å². The molecule has 4 aromatic carbocycles. The molecule has 0 aliphatic heterocycles. The van der Waals surface area contributed by atoms with Crippen molar-refractivity contribution in [2.45, 2.75) is 39.0 Å². The second-order valence-corrected chi connectivity index (χ2v) is 9.72. The predicted molar refractivity (Wildman–Crippen MR) is 130 cm³/mol. The van der Waals surface area contributed by atoms with Gasteiger partial charge >= 0.3 is 70.3 Å². The summed E-state index contributed by atoms with van der Waals surface area (Å²) in [6, 6.07) is 37.1. The van der Waals surface area contributed by atoms with Crippen molar-refractivity contribution in [3.8, 4) is 11.1 Å². The van der Waals surface area contributed by atoms with Crippen molar-refractivity contribution < 1.29 is 49.0 Å². The monoisotopic (exact) mass is 550 g/mol. The molecule has 1 aliphatic rings. The molecule has 0 radical (unpaired) electrons. The second-order valence-electron chi connectivity index (χ2n) is 8.71. The Labute approximate surface area is 227 Å². The van der Waals surface area contributed by atoms with Crippen molar-refractivity contribution in [1.29, 1.82) is 0 Å². The SMILES string of the molecule is CC(C)(C)c1cc[cH-]c1.[Cl-].[Cl-].[Zr+2]=[CH]Cc1ccccc1.[c-]1cccc2c1Cc1ccccc1-2. The van der Waals surface area contributed by atoms with E-state index < -0.39 is 0 Å². The molecule has 0 saturated carbocycles. The van der Waals surface area contributed by atoms with Crippen molar-refractivity contribution in [3.05, 3.63) is 125 Å². The van der Waals surface area contributed by atoms with E-state index in [2.05, 4.69) is 115 Å². The third kappa shape index (κ3) is 8.90. The van der Waals surface area contributed by atoms with E-state index in [9.17, 15) is 0 Å². The molecule has 5 rings (SSSR count). The molecule has 0 unspecified atom stereocenters. The molecule has 170 valence electrons. The predicted octanol–water partition coefficient (Wildman–Crippen LogP) is 1.35. The quantitative estimate of drug-likeness (QED) is 0.290. The van der Waals surface area contributed by atoms with Crippen LogP contribution in [0.1, 0.15) is 43.0 Å². The van der Waals surface area contributed by atoms with Gasteiger partial charge in [0.05, 0.1) is 0 Å². The third-order valence-electron chi connectivity index (χ3n) is 5.33. The minimum atomic E-state index is 0. The van der Waals surface area contributed by atoms with E-state index >= 15 is 0 Å². The fourth-order valence-electron chi connectivity index (χ4n) is 3.60. The maximum absolute atomic E-state index is 3.30. The van der Waals surface area contributed by atoms with E-state index in [-0.39, 0.29) is 24.8 Å². The summed E-state index contributed by atoms with van der Waals surface area (Å²) in [5.41, 5.74) is 8.66. The van der Waals surface area contributed by atoms with Gasteiger partial charge in [-0.2, -0.15) is 53.6 Å². The Balaban J connectivity index is 0.000000247. The van der Waals surface area contributed by atoms with Gasteiger partial charge in [0.25, 0.3) is 0 Å². The van der Waals surface area contributed by atoms with Gasteiger partial charge in [-0.1, -0.05) is 61.6 Å². The van der Waals surface area contributed by atoms with Gasteiger partial charge in [-0.3, -0.25) is 0 Å². The first-order valence-corrected chi connectivity index (χ1v) is 12.2. The van der Waals surface area contributed by atoms with Crippen LogP contribution < -0.4 is 24.8 Å². The summed E-state index contributed by atoms with van der Waals surface area (Å²) in [7, 11) is 0. The molecule has 4 aromatic rings. The summed E-state index contributed by atoms with van der Waals surface area (Å²) in [6.07, 6.45) is 2.17. The molecule has 0 atom stereocenters. The van der Waals surface area contributed by atoms with Gasteiger partial charge in [0.1, 0.15) is 0 Å². The van der Waals surface area contributed by atoms with Gasteiger partial charge in [-0.05, 0) is 6.42 Å². The van der Waals surface area contributed by atoms with Gasteiger partial charge in [0.15, 0.2) is 0 Å². The molecule has 0 N–H and O–H groups in total. The summed E-state index contributed by atoms with van der Waals surface area (Å²) in [5.74, 6) is 0. The number of rotatable bonds is 2. The average Bonchev–Trinajstić information content (AvgIpc) is 3.44. The van der Waals surface area contributed by atoms with Crippen LogP contribution >= 0.6 is 0 Å². The maximum atomic E-state index is 3.30. The Morgan fingerprint density at radius 2 is 1.55 bits per heavy atom. The zero-order chi connectivity index (χ0) is 22.1. The topological polar surface area (TPSA) is 0 Å². The van der Waals surface area contributed by atoms with Crippen LogP contribution in [0.25, 0.3) is 11.1 Å². The Morgan fingerprint density at radius 3 is 2.15 bits per heavy atom. The fraction of sp³-hybridized carbons (Fsp3) is 0.200. The van der Waals surface area contributed by atoms with E-state index in [1.54, 1.807) is 0 Å². The average molecular weight is 553 g/mol. The molecule has 0 saturated heterocycles. The minimum Gasteiger partial charge on any atom is -0.179 e. The molecule has 0 nitrogen and oxygen atoms in total. The van der Waals surface area contributed by atoms with Gasteiger partial charge in [-0.15, -0.1) is 5.56 Å². The Hall–Kier alpha value is -1.66. The molecule has 33 heavy (non-hydrogen) atoms. The van der Waals surface area contributed by atoms with Crippen LogP contribution in [-0.4, -0.2) is 3.71 Å². The Morgan fingerprint density at radius 1 is 0.879 bits per heavy atom. The normalized spacial score (nSPS) is 10.6. The maximum Gasteiger partial charge on any atom is -0.0253 e. The standard InChI is InChI=1S/C13H9.C9H13.C8H8.2ClH.Zr/c1-3-7-12-10(5-1)9-11-6-2-4-8-13(11)12;1-9(2,3)8-6-4-5-7-8;1-2-8-6-4-3-5-7-8;;;/h1-5,7-8H,9H2;4-7H,1-3H3;1,3-7H,2H2;2*1H;/q2*-1;;;;+2/p-2. The molecule has 0 heterocycles. The zero-order valence-corrected chi connectivity index (χ0v) is 23.5. The van der Waals surface area contributed by atoms with Crippen LogP contribution in [0.4, 0.5) is 0 Å². The van der Waals surface area contributed by atoms with Crippen LogP contribution in [0.15, 0.2) is 97.1 Å². The first-order chi connectivity index (χ1) is 15.0. The fourth-order valence-corrected chi connectivity index (χ4v) is 4.18. The summed E-state index contributed by atoms with van der Waals surface area (Å²) in [5, 5.41) is 0. The first-order valence-electron chi connectivity index (χ1n) is 10.8. The molecule has 0 spiro atoms. The van der Waals surface area contributed by atoms with Crippen LogP contribution in [0.5, 0.6) is 0 Å². The molecule has 0 bridgehead atoms. The molecular formula is C30H30Cl2Zr-2. The molecule has 1 aliphatic carbocycles.